The van der Waals surface area contributed by atoms with Crippen molar-refractivity contribution >= 4 is 21.8 Å². The Morgan fingerprint density at radius 1 is 1.55 bits per heavy atom. The molecule has 2 N–H and O–H groups in total. The Balaban J connectivity index is 2.14. The standard InChI is InChI=1S/C15H23BrN2O2/c1-15(2,3)13(6-7-19)17-14(20)12-8-10(16)9-18(12)11-4-5-11/h8-9,11,13,19H,4-7H2,1-3H3,(H,17,20). The number of carbonyl (C=O) groups is 1. The minimum Gasteiger partial charge on any atom is -0.396 e. The van der Waals surface area contributed by atoms with E-state index < -0.39 is 0 Å². The summed E-state index contributed by atoms with van der Waals surface area (Å²) in [5.74, 6) is -0.0593. The Bertz CT molecular complexity index is 487. The van der Waals surface area contributed by atoms with Gasteiger partial charge >= 0.3 is 0 Å². The maximum atomic E-state index is 12.5. The van der Waals surface area contributed by atoms with Gasteiger partial charge in [-0.25, -0.2) is 0 Å². The molecule has 0 aliphatic heterocycles. The summed E-state index contributed by atoms with van der Waals surface area (Å²) in [5, 5.41) is 12.2. The first-order valence-corrected chi connectivity index (χ1v) is 7.91. The van der Waals surface area contributed by atoms with Crippen LogP contribution in [-0.4, -0.2) is 28.2 Å². The zero-order valence-corrected chi connectivity index (χ0v) is 13.9. The van der Waals surface area contributed by atoms with Gasteiger partial charge in [-0.1, -0.05) is 20.8 Å². The molecule has 2 rings (SSSR count). The summed E-state index contributed by atoms with van der Waals surface area (Å²) >= 11 is 3.44. The van der Waals surface area contributed by atoms with Gasteiger partial charge in [-0.05, 0) is 46.7 Å². The zero-order valence-electron chi connectivity index (χ0n) is 12.3. The maximum absolute atomic E-state index is 12.5. The van der Waals surface area contributed by atoms with E-state index in [1.54, 1.807) is 0 Å². The van der Waals surface area contributed by atoms with Crippen LogP contribution in [0.3, 0.4) is 0 Å². The molecule has 112 valence electrons. The largest absolute Gasteiger partial charge is 0.396 e. The first-order valence-electron chi connectivity index (χ1n) is 7.12. The van der Waals surface area contributed by atoms with Crippen molar-refractivity contribution in [2.75, 3.05) is 6.61 Å². The molecule has 4 nitrogen and oxygen atoms in total. The molecule has 0 saturated heterocycles. The van der Waals surface area contributed by atoms with E-state index in [-0.39, 0.29) is 24.0 Å². The molecule has 0 bridgehead atoms. The van der Waals surface area contributed by atoms with Crippen molar-refractivity contribution in [3.63, 3.8) is 0 Å². The van der Waals surface area contributed by atoms with Crippen LogP contribution < -0.4 is 5.32 Å². The predicted octanol–water partition coefficient (Wildman–Crippen LogP) is 3.11. The summed E-state index contributed by atoms with van der Waals surface area (Å²) in [4.78, 5) is 12.5. The number of amides is 1. The van der Waals surface area contributed by atoms with Gasteiger partial charge < -0.3 is 15.0 Å². The van der Waals surface area contributed by atoms with E-state index in [1.165, 1.54) is 0 Å². The normalized spacial score (nSPS) is 17.1. The Labute approximate surface area is 128 Å². The van der Waals surface area contributed by atoms with E-state index in [0.717, 1.165) is 17.3 Å². The number of halogens is 1. The molecule has 1 heterocycles. The molecule has 1 saturated carbocycles. The van der Waals surface area contributed by atoms with Crippen LogP contribution in [-0.2, 0) is 0 Å². The molecule has 1 atom stereocenters. The van der Waals surface area contributed by atoms with Gasteiger partial charge in [-0.15, -0.1) is 0 Å². The monoisotopic (exact) mass is 342 g/mol. The molecule has 20 heavy (non-hydrogen) atoms. The van der Waals surface area contributed by atoms with Crippen LogP contribution >= 0.6 is 15.9 Å². The van der Waals surface area contributed by atoms with Crippen molar-refractivity contribution in [2.24, 2.45) is 5.41 Å². The Kier molecular flexibility index (Phi) is 4.59. The van der Waals surface area contributed by atoms with E-state index in [0.29, 0.717) is 18.2 Å². The lowest BCUT2D eigenvalue weighted by Gasteiger charge is -2.31. The molecule has 1 aliphatic rings. The van der Waals surface area contributed by atoms with E-state index in [1.807, 2.05) is 12.3 Å². The molecule has 0 spiro atoms. The van der Waals surface area contributed by atoms with Crippen LogP contribution in [0.25, 0.3) is 0 Å². The second kappa shape index (κ2) is 5.90. The average Bonchev–Trinajstić information content (AvgIpc) is 3.10. The molecule has 1 aromatic rings. The van der Waals surface area contributed by atoms with Gasteiger partial charge in [0.05, 0.1) is 0 Å². The predicted molar refractivity (Wildman–Crippen MR) is 82.8 cm³/mol. The number of nitrogens with one attached hydrogen (secondary N) is 1. The first-order chi connectivity index (χ1) is 9.32. The smallest absolute Gasteiger partial charge is 0.268 e. The summed E-state index contributed by atoms with van der Waals surface area (Å²) in [5.41, 5.74) is 0.624. The molecular weight excluding hydrogens is 320 g/mol. The minimum absolute atomic E-state index is 0.0404. The third kappa shape index (κ3) is 3.64. The number of hydrogen-bond donors (Lipinski definition) is 2. The van der Waals surface area contributed by atoms with Crippen molar-refractivity contribution < 1.29 is 9.90 Å². The van der Waals surface area contributed by atoms with Crippen LogP contribution in [0.5, 0.6) is 0 Å². The van der Waals surface area contributed by atoms with Crippen LogP contribution in [0.2, 0.25) is 0 Å². The highest BCUT2D eigenvalue weighted by Gasteiger charge is 2.30. The topological polar surface area (TPSA) is 54.3 Å². The second-order valence-electron chi connectivity index (χ2n) is 6.59. The molecule has 1 unspecified atom stereocenters. The quantitative estimate of drug-likeness (QED) is 0.863. The molecule has 0 aromatic carbocycles. The van der Waals surface area contributed by atoms with Gasteiger partial charge in [0.25, 0.3) is 5.91 Å². The van der Waals surface area contributed by atoms with Crippen LogP contribution in [0.15, 0.2) is 16.7 Å². The van der Waals surface area contributed by atoms with Gasteiger partial charge in [0.1, 0.15) is 5.69 Å². The average molecular weight is 343 g/mol. The lowest BCUT2D eigenvalue weighted by molar-refractivity contribution is 0.0875. The first kappa shape index (κ1) is 15.6. The number of aliphatic hydroxyl groups is 1. The fraction of sp³-hybridized carbons (Fsp3) is 0.667. The highest BCUT2D eigenvalue weighted by molar-refractivity contribution is 9.10. The van der Waals surface area contributed by atoms with Crippen molar-refractivity contribution in [1.29, 1.82) is 0 Å². The number of nitrogens with zero attached hydrogens (tertiary/aromatic N) is 1. The fourth-order valence-corrected chi connectivity index (χ4v) is 2.80. The maximum Gasteiger partial charge on any atom is 0.268 e. The molecule has 0 radical (unpaired) electrons. The summed E-state index contributed by atoms with van der Waals surface area (Å²) < 4.78 is 2.99. The van der Waals surface area contributed by atoms with Crippen molar-refractivity contribution in [3.8, 4) is 0 Å². The second-order valence-corrected chi connectivity index (χ2v) is 7.50. The molecule has 1 fully saturated rings. The number of rotatable bonds is 5. The van der Waals surface area contributed by atoms with Gasteiger partial charge in [0, 0.05) is 29.4 Å². The highest BCUT2D eigenvalue weighted by atomic mass is 79.9. The van der Waals surface area contributed by atoms with E-state index >= 15 is 0 Å². The Morgan fingerprint density at radius 3 is 2.70 bits per heavy atom. The van der Waals surface area contributed by atoms with Crippen LogP contribution in [0, 0.1) is 5.41 Å². The lowest BCUT2D eigenvalue weighted by atomic mass is 9.85. The van der Waals surface area contributed by atoms with E-state index in [2.05, 4.69) is 46.6 Å². The Morgan fingerprint density at radius 2 is 2.20 bits per heavy atom. The summed E-state index contributed by atoms with van der Waals surface area (Å²) in [6.45, 7) is 6.30. The van der Waals surface area contributed by atoms with Crippen molar-refractivity contribution in [1.82, 2.24) is 9.88 Å². The zero-order chi connectivity index (χ0) is 14.9. The number of aromatic nitrogens is 1. The third-order valence-electron chi connectivity index (χ3n) is 3.76. The minimum atomic E-state index is -0.0768. The molecule has 1 aromatic heterocycles. The summed E-state index contributed by atoms with van der Waals surface area (Å²) in [7, 11) is 0. The van der Waals surface area contributed by atoms with Crippen molar-refractivity contribution in [3.05, 3.63) is 22.4 Å². The SMILES string of the molecule is CC(C)(C)C(CCO)NC(=O)c1cc(Br)cn1C1CC1. The van der Waals surface area contributed by atoms with Crippen molar-refractivity contribution in [2.45, 2.75) is 52.1 Å². The van der Waals surface area contributed by atoms with Gasteiger partial charge in [-0.3, -0.25) is 4.79 Å². The number of aliphatic hydroxyl groups excluding tert-OH is 1. The molecule has 1 aliphatic carbocycles. The van der Waals surface area contributed by atoms with Crippen LogP contribution in [0.4, 0.5) is 0 Å². The molecular formula is C15H23BrN2O2. The van der Waals surface area contributed by atoms with Gasteiger partial charge in [-0.2, -0.15) is 0 Å². The van der Waals surface area contributed by atoms with Gasteiger partial charge in [0.15, 0.2) is 0 Å². The van der Waals surface area contributed by atoms with Gasteiger partial charge in [0.2, 0.25) is 0 Å². The fourth-order valence-electron chi connectivity index (χ4n) is 2.37. The number of carbonyl (C=O) groups excluding carboxylic acids is 1. The lowest BCUT2D eigenvalue weighted by Crippen LogP contribution is -2.44. The Hall–Kier alpha value is -0.810. The molecule has 5 heteroatoms. The highest BCUT2D eigenvalue weighted by Crippen LogP contribution is 2.37. The van der Waals surface area contributed by atoms with Crippen LogP contribution in [0.1, 0.15) is 56.6 Å². The number of hydrogen-bond acceptors (Lipinski definition) is 2. The summed E-state index contributed by atoms with van der Waals surface area (Å²) in [6.07, 6.45) is 4.83. The third-order valence-corrected chi connectivity index (χ3v) is 4.19. The molecule has 1 amide bonds. The van der Waals surface area contributed by atoms with E-state index in [9.17, 15) is 9.90 Å². The van der Waals surface area contributed by atoms with E-state index in [4.69, 9.17) is 0 Å². The summed E-state index contributed by atoms with van der Waals surface area (Å²) in [6, 6.07) is 2.29.